The van der Waals surface area contributed by atoms with Gasteiger partial charge in [-0.15, -0.1) is 0 Å². The Balaban J connectivity index is 1.82. The number of hydrogen-bond acceptors (Lipinski definition) is 2. The summed E-state index contributed by atoms with van der Waals surface area (Å²) in [5.41, 5.74) is 2.14. The number of rotatable bonds is 0. The van der Waals surface area contributed by atoms with E-state index in [1.54, 1.807) is 6.08 Å². The molecule has 2 saturated carbocycles. The average Bonchev–Trinajstić information content (AvgIpc) is 2.72. The average molecular weight is 312 g/mol. The molecular weight excluding hydrogens is 284 g/mol. The Morgan fingerprint density at radius 2 is 1.96 bits per heavy atom. The Hall–Kier alpha value is -1.15. The normalized spacial score (nSPS) is 51.5. The number of allylic oxidation sites excluding steroid dienone is 6. The van der Waals surface area contributed by atoms with Gasteiger partial charge in [0.1, 0.15) is 0 Å². The second-order valence-electron chi connectivity index (χ2n) is 8.98. The summed E-state index contributed by atoms with van der Waals surface area (Å²) in [5, 5.41) is 10.9. The molecule has 0 radical (unpaired) electrons. The van der Waals surface area contributed by atoms with E-state index < -0.39 is 5.60 Å². The fraction of sp³-hybridized carbons (Fsp3) is 0.667. The summed E-state index contributed by atoms with van der Waals surface area (Å²) < 4.78 is 0. The van der Waals surface area contributed by atoms with Crippen LogP contribution in [0.25, 0.3) is 0 Å². The predicted octanol–water partition coefficient (Wildman–Crippen LogP) is 4.21. The SMILES string of the molecule is C[C@H]1CC2C(=CC[C@@]3(C)C2CC[C@@]3(C)O)[C@@]2(C)C=CC(=O)C=C12. The lowest BCUT2D eigenvalue weighted by atomic mass is 9.50. The number of aliphatic hydroxyl groups is 1. The molecule has 2 heteroatoms. The van der Waals surface area contributed by atoms with Crippen LogP contribution in [0.1, 0.15) is 53.4 Å². The van der Waals surface area contributed by atoms with Crippen molar-refractivity contribution in [3.8, 4) is 0 Å². The second kappa shape index (κ2) is 4.47. The number of fused-ring (bicyclic) bond motifs is 5. The van der Waals surface area contributed by atoms with E-state index in [4.69, 9.17) is 0 Å². The smallest absolute Gasteiger partial charge is 0.178 e. The fourth-order valence-electron chi connectivity index (χ4n) is 6.16. The minimum atomic E-state index is -0.557. The van der Waals surface area contributed by atoms with Gasteiger partial charge in [-0.05, 0) is 75.0 Å². The quantitative estimate of drug-likeness (QED) is 0.680. The lowest BCUT2D eigenvalue weighted by molar-refractivity contribution is -0.110. The Morgan fingerprint density at radius 3 is 2.70 bits per heavy atom. The van der Waals surface area contributed by atoms with Crippen molar-refractivity contribution < 1.29 is 9.90 Å². The van der Waals surface area contributed by atoms with Crippen LogP contribution in [0.4, 0.5) is 0 Å². The van der Waals surface area contributed by atoms with Crippen LogP contribution in [-0.4, -0.2) is 16.5 Å². The van der Waals surface area contributed by atoms with Gasteiger partial charge < -0.3 is 5.11 Å². The van der Waals surface area contributed by atoms with E-state index in [1.165, 1.54) is 11.1 Å². The molecule has 0 bridgehead atoms. The Bertz CT molecular complexity index is 665. The topological polar surface area (TPSA) is 37.3 Å². The van der Waals surface area contributed by atoms with Crippen molar-refractivity contribution >= 4 is 5.78 Å². The molecule has 2 unspecified atom stereocenters. The zero-order valence-corrected chi connectivity index (χ0v) is 14.7. The zero-order chi connectivity index (χ0) is 16.6. The standard InChI is InChI=1S/C21H28O2/c1-13-11-15-16(19(2)8-5-14(22)12-18(13)19)6-9-20(3)17(15)7-10-21(20,4)23/h5-6,8,12-13,15,17,23H,7,9-11H2,1-4H3/t13-,15?,17?,19+,20-,21+/m0/s1. The van der Waals surface area contributed by atoms with Crippen molar-refractivity contribution in [2.45, 2.75) is 59.0 Å². The van der Waals surface area contributed by atoms with Crippen molar-refractivity contribution in [2.75, 3.05) is 0 Å². The van der Waals surface area contributed by atoms with E-state index in [0.29, 0.717) is 17.8 Å². The molecule has 0 aromatic heterocycles. The molecule has 0 heterocycles. The zero-order valence-electron chi connectivity index (χ0n) is 14.7. The van der Waals surface area contributed by atoms with E-state index in [9.17, 15) is 9.90 Å². The van der Waals surface area contributed by atoms with Gasteiger partial charge >= 0.3 is 0 Å². The van der Waals surface area contributed by atoms with Crippen molar-refractivity contribution in [3.05, 3.63) is 35.5 Å². The lowest BCUT2D eigenvalue weighted by Crippen LogP contribution is -2.50. The highest BCUT2D eigenvalue weighted by molar-refractivity contribution is 6.01. The highest BCUT2D eigenvalue weighted by Crippen LogP contribution is 2.65. The van der Waals surface area contributed by atoms with Crippen LogP contribution in [-0.2, 0) is 4.79 Å². The monoisotopic (exact) mass is 312 g/mol. The van der Waals surface area contributed by atoms with E-state index in [2.05, 4.69) is 32.9 Å². The highest BCUT2D eigenvalue weighted by atomic mass is 16.3. The molecule has 0 aliphatic heterocycles. The lowest BCUT2D eigenvalue weighted by Gasteiger charge is -2.55. The van der Waals surface area contributed by atoms with E-state index >= 15 is 0 Å². The third-order valence-electron chi connectivity index (χ3n) is 7.84. The molecule has 124 valence electrons. The molecule has 0 amide bonds. The number of ketones is 1. The third-order valence-corrected chi connectivity index (χ3v) is 7.84. The van der Waals surface area contributed by atoms with Crippen molar-refractivity contribution in [1.29, 1.82) is 0 Å². The molecule has 4 rings (SSSR count). The van der Waals surface area contributed by atoms with Crippen LogP contribution in [0.15, 0.2) is 35.5 Å². The molecule has 2 fully saturated rings. The van der Waals surface area contributed by atoms with Crippen molar-refractivity contribution in [1.82, 2.24) is 0 Å². The Morgan fingerprint density at radius 1 is 1.22 bits per heavy atom. The van der Waals surface area contributed by atoms with Gasteiger partial charge in [-0.3, -0.25) is 4.79 Å². The number of carbonyl (C=O) groups excluding carboxylic acids is 1. The minimum absolute atomic E-state index is 0.00728. The largest absolute Gasteiger partial charge is 0.390 e. The summed E-state index contributed by atoms with van der Waals surface area (Å²) >= 11 is 0. The van der Waals surface area contributed by atoms with Gasteiger partial charge in [0.2, 0.25) is 0 Å². The maximum atomic E-state index is 11.9. The Labute approximate surface area is 139 Å². The first kappa shape index (κ1) is 15.4. The van der Waals surface area contributed by atoms with Gasteiger partial charge in [0.25, 0.3) is 0 Å². The molecule has 4 aliphatic rings. The number of hydrogen-bond donors (Lipinski definition) is 1. The van der Waals surface area contributed by atoms with Gasteiger partial charge in [0, 0.05) is 10.8 Å². The fourth-order valence-corrected chi connectivity index (χ4v) is 6.16. The van der Waals surface area contributed by atoms with E-state index in [-0.39, 0.29) is 16.6 Å². The molecule has 4 aliphatic carbocycles. The summed E-state index contributed by atoms with van der Waals surface area (Å²) in [6.45, 7) is 8.87. The molecule has 6 atom stereocenters. The van der Waals surface area contributed by atoms with Gasteiger partial charge in [0.15, 0.2) is 5.78 Å². The Kier molecular flexibility index (Phi) is 2.99. The van der Waals surface area contributed by atoms with Crippen LogP contribution < -0.4 is 0 Å². The number of carbonyl (C=O) groups is 1. The molecule has 0 saturated heterocycles. The van der Waals surface area contributed by atoms with Crippen LogP contribution in [0.2, 0.25) is 0 Å². The summed E-state index contributed by atoms with van der Waals surface area (Å²) in [4.78, 5) is 11.9. The molecule has 2 nitrogen and oxygen atoms in total. The van der Waals surface area contributed by atoms with Gasteiger partial charge in [-0.1, -0.05) is 31.6 Å². The van der Waals surface area contributed by atoms with Crippen LogP contribution in [0.5, 0.6) is 0 Å². The van der Waals surface area contributed by atoms with Crippen LogP contribution in [0, 0.1) is 28.6 Å². The van der Waals surface area contributed by atoms with E-state index in [1.807, 2.05) is 13.0 Å². The highest BCUT2D eigenvalue weighted by Gasteiger charge is 2.60. The third kappa shape index (κ3) is 1.82. The maximum Gasteiger partial charge on any atom is 0.178 e. The van der Waals surface area contributed by atoms with Gasteiger partial charge in [-0.2, -0.15) is 0 Å². The van der Waals surface area contributed by atoms with Gasteiger partial charge in [0.05, 0.1) is 5.60 Å². The first-order valence-corrected chi connectivity index (χ1v) is 9.07. The molecule has 0 aromatic rings. The van der Waals surface area contributed by atoms with Crippen molar-refractivity contribution in [2.24, 2.45) is 28.6 Å². The van der Waals surface area contributed by atoms with Crippen LogP contribution in [0.3, 0.4) is 0 Å². The summed E-state index contributed by atoms with van der Waals surface area (Å²) in [6.07, 6.45) is 12.3. The summed E-state index contributed by atoms with van der Waals surface area (Å²) in [5.74, 6) is 1.67. The molecular formula is C21H28O2. The van der Waals surface area contributed by atoms with Crippen molar-refractivity contribution in [3.63, 3.8) is 0 Å². The molecule has 0 aromatic carbocycles. The second-order valence-corrected chi connectivity index (χ2v) is 8.98. The molecule has 1 N–H and O–H groups in total. The first-order chi connectivity index (χ1) is 10.7. The minimum Gasteiger partial charge on any atom is -0.390 e. The summed E-state index contributed by atoms with van der Waals surface area (Å²) in [7, 11) is 0. The molecule has 0 spiro atoms. The van der Waals surface area contributed by atoms with Crippen LogP contribution >= 0.6 is 0 Å². The summed E-state index contributed by atoms with van der Waals surface area (Å²) in [6, 6.07) is 0. The maximum absolute atomic E-state index is 11.9. The van der Waals surface area contributed by atoms with E-state index in [0.717, 1.165) is 25.7 Å². The molecule has 23 heavy (non-hydrogen) atoms. The van der Waals surface area contributed by atoms with Gasteiger partial charge in [-0.25, -0.2) is 0 Å². The first-order valence-electron chi connectivity index (χ1n) is 9.07. The predicted molar refractivity (Wildman–Crippen MR) is 91.8 cm³/mol.